The first kappa shape index (κ1) is 17.3. The summed E-state index contributed by atoms with van der Waals surface area (Å²) in [5.74, 6) is 0. The van der Waals surface area contributed by atoms with E-state index in [1.54, 1.807) is 6.07 Å². The lowest BCUT2D eigenvalue weighted by Gasteiger charge is -2.08. The Hall–Kier alpha value is -1.06. The van der Waals surface area contributed by atoms with Crippen LogP contribution in [-0.2, 0) is 12.8 Å². The highest BCUT2D eigenvalue weighted by atomic mass is 35.5. The van der Waals surface area contributed by atoms with Gasteiger partial charge in [-0.1, -0.05) is 59.6 Å². The molecular formula is C18H22Cl2N2. The summed E-state index contributed by atoms with van der Waals surface area (Å²) in [6, 6.07) is 16.2. The van der Waals surface area contributed by atoms with Crippen molar-refractivity contribution in [2.45, 2.75) is 12.8 Å². The zero-order valence-electron chi connectivity index (χ0n) is 12.6. The smallest absolute Gasteiger partial charge is 0.0453 e. The monoisotopic (exact) mass is 336 g/mol. The van der Waals surface area contributed by atoms with Crippen LogP contribution >= 0.6 is 23.2 Å². The van der Waals surface area contributed by atoms with E-state index in [9.17, 15) is 0 Å². The van der Waals surface area contributed by atoms with Gasteiger partial charge in [-0.25, -0.2) is 0 Å². The molecule has 0 spiro atoms. The first-order valence-corrected chi connectivity index (χ1v) is 8.40. The van der Waals surface area contributed by atoms with E-state index in [0.29, 0.717) is 5.02 Å². The Morgan fingerprint density at radius 1 is 0.727 bits per heavy atom. The van der Waals surface area contributed by atoms with E-state index >= 15 is 0 Å². The summed E-state index contributed by atoms with van der Waals surface area (Å²) < 4.78 is 0. The second kappa shape index (κ2) is 9.86. The van der Waals surface area contributed by atoms with Crippen LogP contribution in [0.25, 0.3) is 0 Å². The van der Waals surface area contributed by atoms with Crippen molar-refractivity contribution in [1.29, 1.82) is 0 Å². The molecule has 2 rings (SSSR count). The van der Waals surface area contributed by atoms with Gasteiger partial charge in [0.15, 0.2) is 0 Å². The summed E-state index contributed by atoms with van der Waals surface area (Å²) in [5, 5.41) is 8.30. The van der Waals surface area contributed by atoms with Crippen LogP contribution in [0.2, 0.25) is 10.0 Å². The minimum atomic E-state index is 0.685. The van der Waals surface area contributed by atoms with Gasteiger partial charge in [0.25, 0.3) is 0 Å². The third-order valence-electron chi connectivity index (χ3n) is 3.50. The van der Waals surface area contributed by atoms with Gasteiger partial charge in [0, 0.05) is 23.1 Å². The van der Waals surface area contributed by atoms with Gasteiger partial charge in [-0.3, -0.25) is 0 Å². The average Bonchev–Trinajstić information content (AvgIpc) is 2.52. The van der Waals surface area contributed by atoms with Crippen LogP contribution in [0.15, 0.2) is 48.5 Å². The number of nitrogens with one attached hydrogen (secondary N) is 2. The van der Waals surface area contributed by atoms with Crippen LogP contribution in [0.4, 0.5) is 0 Å². The highest BCUT2D eigenvalue weighted by molar-refractivity contribution is 6.35. The maximum absolute atomic E-state index is 6.14. The molecule has 0 heterocycles. The molecule has 0 amide bonds. The zero-order valence-corrected chi connectivity index (χ0v) is 14.1. The molecule has 2 aromatic carbocycles. The molecule has 0 aliphatic carbocycles. The second-order valence-corrected chi connectivity index (χ2v) is 6.06. The van der Waals surface area contributed by atoms with Crippen molar-refractivity contribution in [2.24, 2.45) is 0 Å². The third-order valence-corrected chi connectivity index (χ3v) is 4.09. The molecule has 4 heteroatoms. The molecule has 0 fully saturated rings. The lowest BCUT2D eigenvalue weighted by molar-refractivity contribution is 0.611. The molecule has 2 nitrogen and oxygen atoms in total. The summed E-state index contributed by atoms with van der Waals surface area (Å²) >= 11 is 12.0. The summed E-state index contributed by atoms with van der Waals surface area (Å²) in [6.45, 7) is 3.86. The Morgan fingerprint density at radius 3 is 2.09 bits per heavy atom. The van der Waals surface area contributed by atoms with E-state index in [-0.39, 0.29) is 0 Å². The Balaban J connectivity index is 1.51. The molecule has 2 aromatic rings. The predicted molar refractivity (Wildman–Crippen MR) is 96.1 cm³/mol. The molecule has 2 N–H and O–H groups in total. The quantitative estimate of drug-likeness (QED) is 0.677. The Kier molecular flexibility index (Phi) is 7.75. The summed E-state index contributed by atoms with van der Waals surface area (Å²) in [5.41, 5.74) is 2.51. The van der Waals surface area contributed by atoms with Crippen molar-refractivity contribution < 1.29 is 0 Å². The Morgan fingerprint density at radius 2 is 1.41 bits per heavy atom. The molecule has 0 saturated carbocycles. The van der Waals surface area contributed by atoms with Crippen molar-refractivity contribution in [3.63, 3.8) is 0 Å². The lowest BCUT2D eigenvalue weighted by atomic mass is 10.1. The van der Waals surface area contributed by atoms with Crippen molar-refractivity contribution in [3.8, 4) is 0 Å². The van der Waals surface area contributed by atoms with E-state index in [1.165, 1.54) is 5.56 Å². The Bertz CT molecular complexity index is 558. The van der Waals surface area contributed by atoms with Crippen LogP contribution in [0.5, 0.6) is 0 Å². The molecule has 0 aliphatic heterocycles. The van der Waals surface area contributed by atoms with Crippen LogP contribution in [0.3, 0.4) is 0 Å². The van der Waals surface area contributed by atoms with E-state index in [1.807, 2.05) is 18.2 Å². The number of hydrogen-bond acceptors (Lipinski definition) is 2. The fraction of sp³-hybridized carbons (Fsp3) is 0.333. The minimum Gasteiger partial charge on any atom is -0.315 e. The van der Waals surface area contributed by atoms with E-state index in [2.05, 4.69) is 34.9 Å². The molecular weight excluding hydrogens is 315 g/mol. The molecule has 0 radical (unpaired) electrons. The maximum Gasteiger partial charge on any atom is 0.0453 e. The van der Waals surface area contributed by atoms with Gasteiger partial charge in [0.05, 0.1) is 0 Å². The summed E-state index contributed by atoms with van der Waals surface area (Å²) in [7, 11) is 0. The topological polar surface area (TPSA) is 24.1 Å². The van der Waals surface area contributed by atoms with Crippen LogP contribution in [-0.4, -0.2) is 26.2 Å². The SMILES string of the molecule is Clc1ccc(CCNCCNCCc2ccccc2)c(Cl)c1. The second-order valence-electron chi connectivity index (χ2n) is 5.22. The number of halogens is 2. The van der Waals surface area contributed by atoms with Gasteiger partial charge in [-0.15, -0.1) is 0 Å². The van der Waals surface area contributed by atoms with Crippen LogP contribution < -0.4 is 10.6 Å². The molecule has 118 valence electrons. The van der Waals surface area contributed by atoms with Crippen molar-refractivity contribution in [2.75, 3.05) is 26.2 Å². The molecule has 0 aliphatic rings. The first-order chi connectivity index (χ1) is 10.8. The lowest BCUT2D eigenvalue weighted by Crippen LogP contribution is -2.29. The average molecular weight is 337 g/mol. The normalized spacial score (nSPS) is 10.8. The van der Waals surface area contributed by atoms with Gasteiger partial charge in [-0.2, -0.15) is 0 Å². The molecule has 22 heavy (non-hydrogen) atoms. The van der Waals surface area contributed by atoms with Gasteiger partial charge in [-0.05, 0) is 49.2 Å². The Labute approximate surface area is 142 Å². The van der Waals surface area contributed by atoms with Crippen molar-refractivity contribution in [1.82, 2.24) is 10.6 Å². The van der Waals surface area contributed by atoms with Crippen molar-refractivity contribution >= 4 is 23.2 Å². The molecule has 0 unspecified atom stereocenters. The fourth-order valence-electron chi connectivity index (χ4n) is 2.25. The molecule has 0 atom stereocenters. The fourth-order valence-corrected chi connectivity index (χ4v) is 2.75. The van der Waals surface area contributed by atoms with Gasteiger partial charge in [0.1, 0.15) is 0 Å². The molecule has 0 saturated heterocycles. The predicted octanol–water partition coefficient (Wildman–Crippen LogP) is 3.96. The largest absolute Gasteiger partial charge is 0.315 e. The van der Waals surface area contributed by atoms with Gasteiger partial charge >= 0.3 is 0 Å². The van der Waals surface area contributed by atoms with Crippen LogP contribution in [0, 0.1) is 0 Å². The van der Waals surface area contributed by atoms with Gasteiger partial charge < -0.3 is 10.6 Å². The standard InChI is InChI=1S/C18H22Cl2N2/c19-17-7-6-16(18(20)14-17)9-11-22-13-12-21-10-8-15-4-2-1-3-5-15/h1-7,14,21-22H,8-13H2. The highest BCUT2D eigenvalue weighted by Gasteiger charge is 2.00. The minimum absolute atomic E-state index is 0.685. The number of rotatable bonds is 9. The molecule has 0 aromatic heterocycles. The van der Waals surface area contributed by atoms with E-state index in [0.717, 1.165) is 49.6 Å². The van der Waals surface area contributed by atoms with E-state index < -0.39 is 0 Å². The first-order valence-electron chi connectivity index (χ1n) is 7.65. The zero-order chi connectivity index (χ0) is 15.6. The maximum atomic E-state index is 6.14. The summed E-state index contributed by atoms with van der Waals surface area (Å²) in [6.07, 6.45) is 1.99. The third kappa shape index (κ3) is 6.37. The van der Waals surface area contributed by atoms with Crippen molar-refractivity contribution in [3.05, 3.63) is 69.7 Å². The number of benzene rings is 2. The van der Waals surface area contributed by atoms with Crippen LogP contribution in [0.1, 0.15) is 11.1 Å². The highest BCUT2D eigenvalue weighted by Crippen LogP contribution is 2.20. The van der Waals surface area contributed by atoms with E-state index in [4.69, 9.17) is 23.2 Å². The molecule has 0 bridgehead atoms. The summed E-state index contributed by atoms with van der Waals surface area (Å²) in [4.78, 5) is 0. The number of hydrogen-bond donors (Lipinski definition) is 2. The van der Waals surface area contributed by atoms with Gasteiger partial charge in [0.2, 0.25) is 0 Å².